The monoisotopic (exact) mass is 802 g/mol. The SMILES string of the molecule is Cc1cccc(N(c2cc3c4ccccc4c(N(c4cccc(C)c4)c4cccc5c4sc4ccccc45)cc3c3ccccc23)c2cccc3c2sc2ccccc23)c1. The van der Waals surface area contributed by atoms with Gasteiger partial charge in [-0.3, -0.25) is 0 Å². The Morgan fingerprint density at radius 3 is 1.08 bits per heavy atom. The molecule has 0 N–H and O–H groups in total. The van der Waals surface area contributed by atoms with E-state index in [-0.39, 0.29) is 0 Å². The van der Waals surface area contributed by atoms with Crippen molar-refractivity contribution in [2.45, 2.75) is 13.8 Å². The van der Waals surface area contributed by atoms with Crippen LogP contribution in [0.5, 0.6) is 0 Å². The van der Waals surface area contributed by atoms with Crippen molar-refractivity contribution < 1.29 is 0 Å². The smallest absolute Gasteiger partial charge is 0.0640 e. The summed E-state index contributed by atoms with van der Waals surface area (Å²) in [7, 11) is 0. The largest absolute Gasteiger partial charge is 0.308 e. The van der Waals surface area contributed by atoms with Gasteiger partial charge in [0.25, 0.3) is 0 Å². The lowest BCUT2D eigenvalue weighted by atomic mass is 9.93. The van der Waals surface area contributed by atoms with E-state index in [1.807, 2.05) is 22.7 Å². The summed E-state index contributed by atoms with van der Waals surface area (Å²) in [6, 6.07) is 72.1. The third-order valence-electron chi connectivity index (χ3n) is 12.1. The molecule has 0 aliphatic heterocycles. The number of fused-ring (bicyclic) bond motifs is 11. The van der Waals surface area contributed by atoms with Crippen LogP contribution in [-0.4, -0.2) is 0 Å². The van der Waals surface area contributed by atoms with E-state index in [1.165, 1.54) is 95.2 Å². The maximum Gasteiger partial charge on any atom is 0.0640 e. The molecule has 0 radical (unpaired) electrons. The predicted molar refractivity (Wildman–Crippen MR) is 264 cm³/mol. The molecule has 12 aromatic rings. The first-order valence-electron chi connectivity index (χ1n) is 20.5. The van der Waals surface area contributed by atoms with Crippen LogP contribution in [0, 0.1) is 13.8 Å². The second-order valence-corrected chi connectivity index (χ2v) is 17.9. The van der Waals surface area contributed by atoms with Crippen molar-refractivity contribution in [3.63, 3.8) is 0 Å². The predicted octanol–water partition coefficient (Wildman–Crippen LogP) is 17.4. The Kier molecular flexibility index (Phi) is 8.06. The fourth-order valence-corrected chi connectivity index (χ4v) is 11.9. The highest BCUT2D eigenvalue weighted by molar-refractivity contribution is 7.26. The molecule has 0 atom stereocenters. The van der Waals surface area contributed by atoms with Crippen LogP contribution in [0.1, 0.15) is 11.1 Å². The van der Waals surface area contributed by atoms with E-state index in [4.69, 9.17) is 0 Å². The first-order chi connectivity index (χ1) is 29.6. The average Bonchev–Trinajstić information content (AvgIpc) is 3.87. The zero-order valence-electron chi connectivity index (χ0n) is 33.2. The fourth-order valence-electron chi connectivity index (χ4n) is 9.45. The Hall–Kier alpha value is -6.98. The highest BCUT2D eigenvalue weighted by atomic mass is 32.1. The van der Waals surface area contributed by atoms with Crippen molar-refractivity contribution in [3.05, 3.63) is 205 Å². The van der Waals surface area contributed by atoms with Crippen molar-refractivity contribution in [2.24, 2.45) is 0 Å². The molecule has 2 heterocycles. The summed E-state index contributed by atoms with van der Waals surface area (Å²) >= 11 is 3.76. The molecule has 12 rings (SSSR count). The molecule has 0 saturated carbocycles. The lowest BCUT2D eigenvalue weighted by Crippen LogP contribution is -2.12. The van der Waals surface area contributed by atoms with Crippen LogP contribution in [0.4, 0.5) is 34.1 Å². The average molecular weight is 803 g/mol. The lowest BCUT2D eigenvalue weighted by Gasteiger charge is -2.30. The Balaban J connectivity index is 1.18. The number of hydrogen-bond donors (Lipinski definition) is 0. The molecule has 4 heteroatoms. The normalized spacial score (nSPS) is 11.8. The van der Waals surface area contributed by atoms with Gasteiger partial charge in [0.05, 0.1) is 32.1 Å². The van der Waals surface area contributed by atoms with Crippen LogP contribution < -0.4 is 9.80 Å². The molecule has 284 valence electrons. The van der Waals surface area contributed by atoms with Gasteiger partial charge in [0.1, 0.15) is 0 Å². The molecule has 0 aliphatic rings. The standard InChI is InChI=1S/C56H38N2S2/c1-35-15-11-17-37(31-35)57(49-27-13-25-45-43-23-7-9-29-53(43)59-55(45)49)51-33-47-40-20-4-6-22-42(40)52(34-48(47)39-19-3-5-21-41(39)51)58(38-18-12-16-36(2)32-38)50-28-14-26-46-44-24-8-10-30-54(44)60-56(46)50/h3-34H,1-2H3. The van der Waals surface area contributed by atoms with E-state index in [1.54, 1.807) is 0 Å². The van der Waals surface area contributed by atoms with Crippen molar-refractivity contribution in [3.8, 4) is 0 Å². The number of benzene rings is 10. The van der Waals surface area contributed by atoms with Gasteiger partial charge in [-0.25, -0.2) is 0 Å². The Morgan fingerprint density at radius 2 is 0.650 bits per heavy atom. The molecule has 0 spiro atoms. The Morgan fingerprint density at radius 1 is 0.283 bits per heavy atom. The number of thiophene rings is 2. The summed E-state index contributed by atoms with van der Waals surface area (Å²) in [4.78, 5) is 5.02. The van der Waals surface area contributed by atoms with Gasteiger partial charge in [0, 0.05) is 53.1 Å². The topological polar surface area (TPSA) is 6.48 Å². The molecule has 0 amide bonds. The number of aryl methyl sites for hydroxylation is 2. The third kappa shape index (κ3) is 5.45. The van der Waals surface area contributed by atoms with Gasteiger partial charge in [-0.1, -0.05) is 133 Å². The minimum absolute atomic E-state index is 1.15. The van der Waals surface area contributed by atoms with E-state index in [9.17, 15) is 0 Å². The highest BCUT2D eigenvalue weighted by Crippen LogP contribution is 2.51. The highest BCUT2D eigenvalue weighted by Gasteiger charge is 2.25. The van der Waals surface area contributed by atoms with Crippen molar-refractivity contribution in [1.82, 2.24) is 0 Å². The molecule has 0 fully saturated rings. The molecule has 0 saturated heterocycles. The van der Waals surface area contributed by atoms with E-state index in [0.717, 1.165) is 22.7 Å². The van der Waals surface area contributed by atoms with Crippen molar-refractivity contribution in [2.75, 3.05) is 9.80 Å². The third-order valence-corrected chi connectivity index (χ3v) is 14.5. The van der Waals surface area contributed by atoms with E-state index >= 15 is 0 Å². The van der Waals surface area contributed by atoms with Gasteiger partial charge in [-0.05, 0) is 107 Å². The molecule has 2 aromatic heterocycles. The summed E-state index contributed by atoms with van der Waals surface area (Å²) < 4.78 is 5.17. The van der Waals surface area contributed by atoms with Crippen LogP contribution in [0.15, 0.2) is 194 Å². The van der Waals surface area contributed by atoms with Crippen molar-refractivity contribution >= 4 is 129 Å². The summed E-state index contributed by atoms with van der Waals surface area (Å²) in [6.07, 6.45) is 0. The first-order valence-corrected chi connectivity index (χ1v) is 22.1. The number of anilines is 6. The maximum absolute atomic E-state index is 2.51. The van der Waals surface area contributed by atoms with Crippen LogP contribution in [0.2, 0.25) is 0 Å². The van der Waals surface area contributed by atoms with Gasteiger partial charge < -0.3 is 9.80 Å². The molecule has 0 bridgehead atoms. The van der Waals surface area contributed by atoms with Gasteiger partial charge >= 0.3 is 0 Å². The van der Waals surface area contributed by atoms with Crippen LogP contribution in [-0.2, 0) is 0 Å². The van der Waals surface area contributed by atoms with Gasteiger partial charge in [-0.15, -0.1) is 22.7 Å². The summed E-state index contributed by atoms with van der Waals surface area (Å²) in [5.41, 5.74) is 9.45. The molecular weight excluding hydrogens is 765 g/mol. The zero-order chi connectivity index (χ0) is 39.9. The fraction of sp³-hybridized carbons (Fsp3) is 0.0357. The Labute approximate surface area is 356 Å². The summed E-state index contributed by atoms with van der Waals surface area (Å²) in [5.74, 6) is 0. The van der Waals surface area contributed by atoms with Gasteiger partial charge in [0.15, 0.2) is 0 Å². The van der Waals surface area contributed by atoms with Crippen LogP contribution in [0.25, 0.3) is 72.7 Å². The molecule has 60 heavy (non-hydrogen) atoms. The number of nitrogens with zero attached hydrogens (tertiary/aromatic N) is 2. The second kappa shape index (κ2) is 13.8. The molecule has 0 unspecified atom stereocenters. The lowest BCUT2D eigenvalue weighted by molar-refractivity contribution is 1.30. The van der Waals surface area contributed by atoms with E-state index < -0.39 is 0 Å². The first kappa shape index (κ1) is 35.0. The minimum Gasteiger partial charge on any atom is -0.308 e. The van der Waals surface area contributed by atoms with E-state index in [2.05, 4.69) is 218 Å². The quantitative estimate of drug-likeness (QED) is 0.155. The van der Waals surface area contributed by atoms with E-state index in [0.29, 0.717) is 0 Å². The van der Waals surface area contributed by atoms with Crippen LogP contribution in [0.3, 0.4) is 0 Å². The zero-order valence-corrected chi connectivity index (χ0v) is 34.8. The summed E-state index contributed by atoms with van der Waals surface area (Å²) in [5, 5.41) is 12.5. The van der Waals surface area contributed by atoms with Gasteiger partial charge in [-0.2, -0.15) is 0 Å². The second-order valence-electron chi connectivity index (χ2n) is 15.8. The molecular formula is C56H38N2S2. The Bertz CT molecular complexity index is 3430. The molecule has 2 nitrogen and oxygen atoms in total. The minimum atomic E-state index is 1.15. The van der Waals surface area contributed by atoms with Gasteiger partial charge in [0.2, 0.25) is 0 Å². The summed E-state index contributed by atoms with van der Waals surface area (Å²) in [6.45, 7) is 4.38. The molecule has 0 aliphatic carbocycles. The van der Waals surface area contributed by atoms with Crippen LogP contribution >= 0.6 is 22.7 Å². The van der Waals surface area contributed by atoms with Crippen molar-refractivity contribution in [1.29, 1.82) is 0 Å². The molecule has 10 aromatic carbocycles. The number of hydrogen-bond acceptors (Lipinski definition) is 4. The maximum atomic E-state index is 2.51. The number of rotatable bonds is 6.